The second-order valence-corrected chi connectivity index (χ2v) is 3.91. The van der Waals surface area contributed by atoms with Crippen LogP contribution in [0.5, 0.6) is 0 Å². The van der Waals surface area contributed by atoms with Crippen LogP contribution in [0.25, 0.3) is 0 Å². The molecule has 3 N–H and O–H groups in total. The molecule has 1 aromatic rings. The molecule has 0 atom stereocenters. The summed E-state index contributed by atoms with van der Waals surface area (Å²) < 4.78 is 5.52. The molecule has 0 saturated heterocycles. The van der Waals surface area contributed by atoms with Gasteiger partial charge in [0, 0.05) is 5.56 Å². The minimum atomic E-state index is 0.106. The number of nitrogen functional groups attached to an aromatic ring is 1. The second-order valence-electron chi connectivity index (χ2n) is 3.91. The van der Waals surface area contributed by atoms with E-state index in [0.717, 1.165) is 16.7 Å². The first-order valence-corrected chi connectivity index (χ1v) is 5.06. The van der Waals surface area contributed by atoms with E-state index in [1.165, 1.54) is 0 Å². The molecule has 15 heavy (non-hydrogen) atoms. The third kappa shape index (κ3) is 3.36. The van der Waals surface area contributed by atoms with Crippen molar-refractivity contribution in [2.75, 3.05) is 0 Å². The average Bonchev–Trinajstić information content (AvgIpc) is 2.15. The lowest BCUT2D eigenvalue weighted by Gasteiger charge is -2.10. The highest BCUT2D eigenvalue weighted by Crippen LogP contribution is 2.12. The number of hydrogen-bond donors (Lipinski definition) is 2. The largest absolute Gasteiger partial charge is 0.384 e. The zero-order chi connectivity index (χ0) is 11.4. The Balaban J connectivity index is 2.79. The topological polar surface area (TPSA) is 59.1 Å². The van der Waals surface area contributed by atoms with E-state index in [2.05, 4.69) is 0 Å². The van der Waals surface area contributed by atoms with Gasteiger partial charge in [-0.3, -0.25) is 5.41 Å². The first-order chi connectivity index (χ1) is 7.00. The number of hydrogen-bond acceptors (Lipinski definition) is 2. The number of aryl methyl sites for hydroxylation is 1. The Labute approximate surface area is 90.8 Å². The molecular formula is C12H18N2O. The molecule has 0 bridgehead atoms. The van der Waals surface area contributed by atoms with Crippen molar-refractivity contribution in [2.24, 2.45) is 5.73 Å². The summed E-state index contributed by atoms with van der Waals surface area (Å²) in [6.07, 6.45) is 0.233. The maximum Gasteiger partial charge on any atom is 0.122 e. The Morgan fingerprint density at radius 1 is 1.47 bits per heavy atom. The third-order valence-electron chi connectivity index (χ3n) is 2.23. The van der Waals surface area contributed by atoms with Crippen LogP contribution in [0.1, 0.15) is 30.5 Å². The fraction of sp³-hybridized carbons (Fsp3) is 0.417. The molecule has 0 unspecified atom stereocenters. The highest BCUT2D eigenvalue weighted by atomic mass is 16.5. The maximum absolute atomic E-state index is 7.32. The van der Waals surface area contributed by atoms with Crippen molar-refractivity contribution in [3.63, 3.8) is 0 Å². The predicted molar refractivity (Wildman–Crippen MR) is 62.1 cm³/mol. The lowest BCUT2D eigenvalue weighted by molar-refractivity contribution is 0.0654. The highest BCUT2D eigenvalue weighted by molar-refractivity contribution is 5.95. The summed E-state index contributed by atoms with van der Waals surface area (Å²) in [7, 11) is 0. The zero-order valence-corrected chi connectivity index (χ0v) is 9.50. The molecule has 0 aliphatic heterocycles. The number of ether oxygens (including phenoxy) is 1. The Hall–Kier alpha value is -1.35. The van der Waals surface area contributed by atoms with E-state index in [1.54, 1.807) is 0 Å². The van der Waals surface area contributed by atoms with Crippen molar-refractivity contribution in [3.8, 4) is 0 Å². The van der Waals surface area contributed by atoms with E-state index >= 15 is 0 Å². The van der Waals surface area contributed by atoms with Gasteiger partial charge in [0.25, 0.3) is 0 Å². The predicted octanol–water partition coefficient (Wildman–Crippen LogP) is 2.20. The van der Waals surface area contributed by atoms with Gasteiger partial charge in [-0.05, 0) is 38.0 Å². The molecule has 0 fully saturated rings. The van der Waals surface area contributed by atoms with Crippen LogP contribution < -0.4 is 5.73 Å². The smallest absolute Gasteiger partial charge is 0.122 e. The van der Waals surface area contributed by atoms with Crippen molar-refractivity contribution < 1.29 is 4.74 Å². The molecule has 1 aromatic carbocycles. The summed E-state index contributed by atoms with van der Waals surface area (Å²) in [6.45, 7) is 6.64. The van der Waals surface area contributed by atoms with Crippen molar-refractivity contribution in [1.82, 2.24) is 0 Å². The minimum absolute atomic E-state index is 0.106. The van der Waals surface area contributed by atoms with Gasteiger partial charge in [0.05, 0.1) is 12.7 Å². The van der Waals surface area contributed by atoms with Crippen LogP contribution in [0.15, 0.2) is 18.2 Å². The van der Waals surface area contributed by atoms with E-state index < -0.39 is 0 Å². The molecule has 0 heterocycles. The lowest BCUT2D eigenvalue weighted by Crippen LogP contribution is -2.11. The van der Waals surface area contributed by atoms with E-state index in [4.69, 9.17) is 15.9 Å². The van der Waals surface area contributed by atoms with E-state index in [-0.39, 0.29) is 11.9 Å². The fourth-order valence-electron chi connectivity index (χ4n) is 1.28. The van der Waals surface area contributed by atoms with Gasteiger partial charge in [-0.2, -0.15) is 0 Å². The van der Waals surface area contributed by atoms with Crippen LogP contribution in [0.3, 0.4) is 0 Å². The molecular weight excluding hydrogens is 188 g/mol. The lowest BCUT2D eigenvalue weighted by atomic mass is 10.1. The number of nitrogens with one attached hydrogen (secondary N) is 1. The molecule has 0 amide bonds. The van der Waals surface area contributed by atoms with Gasteiger partial charge in [-0.25, -0.2) is 0 Å². The number of amidine groups is 1. The van der Waals surface area contributed by atoms with Crippen molar-refractivity contribution in [1.29, 1.82) is 5.41 Å². The van der Waals surface area contributed by atoms with Gasteiger partial charge in [-0.1, -0.05) is 12.1 Å². The monoisotopic (exact) mass is 206 g/mol. The van der Waals surface area contributed by atoms with E-state index in [1.807, 2.05) is 39.0 Å². The molecule has 0 spiro atoms. The average molecular weight is 206 g/mol. The summed E-state index contributed by atoms with van der Waals surface area (Å²) in [5, 5.41) is 7.32. The molecule has 3 heteroatoms. The van der Waals surface area contributed by atoms with Gasteiger partial charge in [-0.15, -0.1) is 0 Å². The quantitative estimate of drug-likeness (QED) is 0.586. The molecule has 3 nitrogen and oxygen atoms in total. The van der Waals surface area contributed by atoms with Gasteiger partial charge in [0.2, 0.25) is 0 Å². The normalized spacial score (nSPS) is 10.7. The number of nitrogens with two attached hydrogens (primary N) is 1. The molecule has 82 valence electrons. The minimum Gasteiger partial charge on any atom is -0.384 e. The Morgan fingerprint density at radius 3 is 2.60 bits per heavy atom. The van der Waals surface area contributed by atoms with Crippen LogP contribution in [-0.4, -0.2) is 11.9 Å². The summed E-state index contributed by atoms with van der Waals surface area (Å²) >= 11 is 0. The van der Waals surface area contributed by atoms with Gasteiger partial charge < -0.3 is 10.5 Å². The van der Waals surface area contributed by atoms with Crippen molar-refractivity contribution in [3.05, 3.63) is 34.9 Å². The van der Waals surface area contributed by atoms with Gasteiger partial charge in [0.1, 0.15) is 5.84 Å². The van der Waals surface area contributed by atoms with Gasteiger partial charge in [0.15, 0.2) is 0 Å². The maximum atomic E-state index is 7.32. The molecule has 0 aliphatic rings. The van der Waals surface area contributed by atoms with Crippen molar-refractivity contribution >= 4 is 5.84 Å². The standard InChI is InChI=1S/C12H18N2O/c1-8(2)15-7-11-5-4-10(12(13)14)6-9(11)3/h4-6,8H,7H2,1-3H3,(H3,13,14). The molecule has 0 radical (unpaired) electrons. The first-order valence-electron chi connectivity index (χ1n) is 5.06. The highest BCUT2D eigenvalue weighted by Gasteiger charge is 2.03. The Kier molecular flexibility index (Phi) is 3.86. The Bertz CT molecular complexity index is 359. The molecule has 0 saturated carbocycles. The second kappa shape index (κ2) is 4.94. The van der Waals surface area contributed by atoms with Crippen molar-refractivity contribution in [2.45, 2.75) is 33.5 Å². The van der Waals surface area contributed by atoms with E-state index in [9.17, 15) is 0 Å². The summed E-state index contributed by atoms with van der Waals surface area (Å²) in [5.74, 6) is 0.106. The van der Waals surface area contributed by atoms with Crippen LogP contribution in [0.4, 0.5) is 0 Å². The van der Waals surface area contributed by atoms with Crippen LogP contribution in [0, 0.1) is 12.3 Å². The zero-order valence-electron chi connectivity index (χ0n) is 9.50. The molecule has 1 rings (SSSR count). The van der Waals surface area contributed by atoms with E-state index in [0.29, 0.717) is 6.61 Å². The number of benzene rings is 1. The third-order valence-corrected chi connectivity index (χ3v) is 2.23. The van der Waals surface area contributed by atoms with Crippen LogP contribution in [0.2, 0.25) is 0 Å². The summed E-state index contributed by atoms with van der Waals surface area (Å²) in [4.78, 5) is 0. The molecule has 0 aliphatic carbocycles. The summed E-state index contributed by atoms with van der Waals surface area (Å²) in [5.41, 5.74) is 8.43. The first kappa shape index (κ1) is 11.7. The Morgan fingerprint density at radius 2 is 2.13 bits per heavy atom. The fourth-order valence-corrected chi connectivity index (χ4v) is 1.28. The van der Waals surface area contributed by atoms with Crippen LogP contribution in [-0.2, 0) is 11.3 Å². The summed E-state index contributed by atoms with van der Waals surface area (Å²) in [6, 6.07) is 5.74. The number of rotatable bonds is 4. The van der Waals surface area contributed by atoms with Gasteiger partial charge >= 0.3 is 0 Å². The molecule has 0 aromatic heterocycles. The SMILES string of the molecule is Cc1cc(C(=N)N)ccc1COC(C)C. The van der Waals surface area contributed by atoms with Crippen LogP contribution >= 0.6 is 0 Å².